The molecule has 88 valence electrons. The fourth-order valence-corrected chi connectivity index (χ4v) is 2.23. The van der Waals surface area contributed by atoms with Gasteiger partial charge in [0.15, 0.2) is 0 Å². The monoisotopic (exact) mass is 246 g/mol. The van der Waals surface area contributed by atoms with Gasteiger partial charge in [-0.3, -0.25) is 4.79 Å². The van der Waals surface area contributed by atoms with Crippen molar-refractivity contribution in [1.82, 2.24) is 10.3 Å². The first-order chi connectivity index (χ1) is 8.16. The molecule has 0 spiro atoms. The second-order valence-electron chi connectivity index (χ2n) is 4.03. The average Bonchev–Trinajstić information content (AvgIpc) is 2.78. The number of aromatic nitrogens is 1. The average molecular weight is 246 g/mol. The zero-order valence-corrected chi connectivity index (χ0v) is 10.6. The van der Waals surface area contributed by atoms with Crippen molar-refractivity contribution in [2.45, 2.75) is 19.9 Å². The predicted octanol–water partition coefficient (Wildman–Crippen LogP) is 2.95. The Hall–Kier alpha value is -1.68. The molecule has 1 aromatic heterocycles. The number of nitrogens with one attached hydrogen (secondary N) is 1. The second kappa shape index (κ2) is 5.10. The Morgan fingerprint density at radius 2 is 2.00 bits per heavy atom. The summed E-state index contributed by atoms with van der Waals surface area (Å²) in [6, 6.07) is 9.99. The molecule has 1 N–H and O–H groups in total. The topological polar surface area (TPSA) is 42.0 Å². The lowest BCUT2D eigenvalue weighted by atomic mass is 10.2. The van der Waals surface area contributed by atoms with Crippen LogP contribution in [0, 0.1) is 0 Å². The highest BCUT2D eigenvalue weighted by Crippen LogP contribution is 2.23. The number of thiazole rings is 1. The zero-order valence-electron chi connectivity index (χ0n) is 9.81. The molecular weight excluding hydrogens is 232 g/mol. The summed E-state index contributed by atoms with van der Waals surface area (Å²) in [6.45, 7) is 3.87. The minimum atomic E-state index is -0.113. The van der Waals surface area contributed by atoms with Gasteiger partial charge in [-0.2, -0.15) is 0 Å². The van der Waals surface area contributed by atoms with E-state index in [4.69, 9.17) is 0 Å². The standard InChI is InChI=1S/C13H14N2OS/c1-9(2)14-12(16)11-8-17-13(15-11)10-6-4-3-5-7-10/h3-9H,1-2H3,(H,14,16). The van der Waals surface area contributed by atoms with Gasteiger partial charge in [0, 0.05) is 17.0 Å². The molecule has 1 heterocycles. The van der Waals surface area contributed by atoms with Crippen LogP contribution in [-0.2, 0) is 0 Å². The summed E-state index contributed by atoms with van der Waals surface area (Å²) in [5.41, 5.74) is 1.53. The summed E-state index contributed by atoms with van der Waals surface area (Å²) in [7, 11) is 0. The van der Waals surface area contributed by atoms with Crippen LogP contribution in [0.1, 0.15) is 24.3 Å². The van der Waals surface area contributed by atoms with Crippen LogP contribution >= 0.6 is 11.3 Å². The van der Waals surface area contributed by atoms with Crippen LogP contribution in [0.3, 0.4) is 0 Å². The van der Waals surface area contributed by atoms with Crippen LogP contribution in [0.5, 0.6) is 0 Å². The molecule has 0 bridgehead atoms. The largest absolute Gasteiger partial charge is 0.349 e. The van der Waals surface area contributed by atoms with E-state index in [9.17, 15) is 4.79 Å². The number of rotatable bonds is 3. The molecule has 2 aromatic rings. The van der Waals surface area contributed by atoms with Crippen molar-refractivity contribution < 1.29 is 4.79 Å². The number of carbonyl (C=O) groups is 1. The Morgan fingerprint density at radius 1 is 1.29 bits per heavy atom. The van der Waals surface area contributed by atoms with Crippen molar-refractivity contribution in [3.8, 4) is 10.6 Å². The highest BCUT2D eigenvalue weighted by atomic mass is 32.1. The SMILES string of the molecule is CC(C)NC(=O)c1csc(-c2ccccc2)n1. The van der Waals surface area contributed by atoms with Crippen molar-refractivity contribution in [2.24, 2.45) is 0 Å². The molecular formula is C13H14N2OS. The maximum absolute atomic E-state index is 11.7. The van der Waals surface area contributed by atoms with E-state index in [0.29, 0.717) is 5.69 Å². The van der Waals surface area contributed by atoms with Gasteiger partial charge in [-0.25, -0.2) is 4.98 Å². The maximum Gasteiger partial charge on any atom is 0.270 e. The molecule has 0 aliphatic carbocycles. The van der Waals surface area contributed by atoms with Crippen molar-refractivity contribution >= 4 is 17.2 Å². The van der Waals surface area contributed by atoms with Gasteiger partial charge >= 0.3 is 0 Å². The third-order valence-electron chi connectivity index (χ3n) is 2.18. The number of hydrogen-bond acceptors (Lipinski definition) is 3. The minimum Gasteiger partial charge on any atom is -0.349 e. The number of benzene rings is 1. The number of hydrogen-bond donors (Lipinski definition) is 1. The molecule has 3 nitrogen and oxygen atoms in total. The van der Waals surface area contributed by atoms with Crippen LogP contribution in [0.15, 0.2) is 35.7 Å². The minimum absolute atomic E-state index is 0.113. The third kappa shape index (κ3) is 2.91. The normalized spacial score (nSPS) is 10.5. The zero-order chi connectivity index (χ0) is 12.3. The highest BCUT2D eigenvalue weighted by molar-refractivity contribution is 7.13. The van der Waals surface area contributed by atoms with Gasteiger partial charge in [0.2, 0.25) is 0 Å². The van der Waals surface area contributed by atoms with E-state index >= 15 is 0 Å². The van der Waals surface area contributed by atoms with Gasteiger partial charge in [0.05, 0.1) is 0 Å². The van der Waals surface area contributed by atoms with Gasteiger partial charge in [0.25, 0.3) is 5.91 Å². The number of amides is 1. The third-order valence-corrected chi connectivity index (χ3v) is 3.07. The number of nitrogens with zero attached hydrogens (tertiary/aromatic N) is 1. The van der Waals surface area contributed by atoms with Crippen molar-refractivity contribution in [3.05, 3.63) is 41.4 Å². The van der Waals surface area contributed by atoms with Gasteiger partial charge in [-0.1, -0.05) is 30.3 Å². The molecule has 0 fully saturated rings. The molecule has 1 amide bonds. The lowest BCUT2D eigenvalue weighted by molar-refractivity contribution is 0.0939. The predicted molar refractivity (Wildman–Crippen MR) is 70.2 cm³/mol. The van der Waals surface area contributed by atoms with Crippen LogP contribution < -0.4 is 5.32 Å². The first kappa shape index (κ1) is 11.8. The molecule has 0 aliphatic rings. The molecule has 0 aliphatic heterocycles. The number of carbonyl (C=O) groups excluding carboxylic acids is 1. The quantitative estimate of drug-likeness (QED) is 0.904. The summed E-state index contributed by atoms with van der Waals surface area (Å²) in [6.07, 6.45) is 0. The van der Waals surface area contributed by atoms with Crippen LogP contribution in [0.25, 0.3) is 10.6 Å². The first-order valence-electron chi connectivity index (χ1n) is 5.48. The van der Waals surface area contributed by atoms with E-state index in [1.54, 1.807) is 5.38 Å². The van der Waals surface area contributed by atoms with Crippen molar-refractivity contribution in [3.63, 3.8) is 0 Å². The van der Waals surface area contributed by atoms with Crippen LogP contribution in [0.2, 0.25) is 0 Å². The van der Waals surface area contributed by atoms with E-state index in [1.807, 2.05) is 44.2 Å². The summed E-state index contributed by atoms with van der Waals surface area (Å²) < 4.78 is 0. The smallest absolute Gasteiger partial charge is 0.270 e. The first-order valence-corrected chi connectivity index (χ1v) is 6.36. The van der Waals surface area contributed by atoms with Crippen molar-refractivity contribution in [2.75, 3.05) is 0 Å². The molecule has 0 saturated heterocycles. The van der Waals surface area contributed by atoms with Crippen LogP contribution in [0.4, 0.5) is 0 Å². The summed E-state index contributed by atoms with van der Waals surface area (Å²) in [4.78, 5) is 16.1. The molecule has 0 radical (unpaired) electrons. The molecule has 4 heteroatoms. The van der Waals surface area contributed by atoms with Gasteiger partial charge in [0.1, 0.15) is 10.7 Å². The fourth-order valence-electron chi connectivity index (χ4n) is 1.43. The molecule has 0 atom stereocenters. The Kier molecular flexibility index (Phi) is 3.54. The summed E-state index contributed by atoms with van der Waals surface area (Å²) >= 11 is 1.49. The lowest BCUT2D eigenvalue weighted by Gasteiger charge is -2.05. The van der Waals surface area contributed by atoms with Gasteiger partial charge in [-0.15, -0.1) is 11.3 Å². The van der Waals surface area contributed by atoms with Gasteiger partial charge in [-0.05, 0) is 13.8 Å². The van der Waals surface area contributed by atoms with Gasteiger partial charge < -0.3 is 5.32 Å². The molecule has 0 unspecified atom stereocenters. The highest BCUT2D eigenvalue weighted by Gasteiger charge is 2.12. The Balaban J connectivity index is 2.19. The fraction of sp³-hybridized carbons (Fsp3) is 0.231. The molecule has 2 rings (SSSR count). The second-order valence-corrected chi connectivity index (χ2v) is 4.89. The van der Waals surface area contributed by atoms with E-state index in [0.717, 1.165) is 10.6 Å². The lowest BCUT2D eigenvalue weighted by Crippen LogP contribution is -2.30. The molecule has 0 saturated carbocycles. The van der Waals surface area contributed by atoms with E-state index < -0.39 is 0 Å². The summed E-state index contributed by atoms with van der Waals surface area (Å²) in [5.74, 6) is -0.113. The molecule has 17 heavy (non-hydrogen) atoms. The maximum atomic E-state index is 11.7. The summed E-state index contributed by atoms with van der Waals surface area (Å²) in [5, 5.41) is 5.50. The van der Waals surface area contributed by atoms with E-state index in [1.165, 1.54) is 11.3 Å². The van der Waals surface area contributed by atoms with E-state index in [2.05, 4.69) is 10.3 Å². The Morgan fingerprint density at radius 3 is 2.65 bits per heavy atom. The Bertz CT molecular complexity index is 505. The Labute approximate surface area is 105 Å². The van der Waals surface area contributed by atoms with Crippen LogP contribution in [-0.4, -0.2) is 16.9 Å². The van der Waals surface area contributed by atoms with E-state index in [-0.39, 0.29) is 11.9 Å². The van der Waals surface area contributed by atoms with Crippen molar-refractivity contribution in [1.29, 1.82) is 0 Å². The molecule has 1 aromatic carbocycles.